The summed E-state index contributed by atoms with van der Waals surface area (Å²) in [6.07, 6.45) is 15.9. The lowest BCUT2D eigenvalue weighted by Crippen LogP contribution is -2.59. The molecule has 2 N–H and O–H groups in total. The molecule has 0 amide bonds. The molecule has 166 valence electrons. The van der Waals surface area contributed by atoms with Gasteiger partial charge < -0.3 is 15.2 Å². The van der Waals surface area contributed by atoms with Crippen LogP contribution in [0.2, 0.25) is 0 Å². The molecule has 5 aliphatic carbocycles. The van der Waals surface area contributed by atoms with Crippen molar-refractivity contribution in [3.8, 4) is 0 Å². The Bertz CT molecular complexity index is 888. The van der Waals surface area contributed by atoms with Gasteiger partial charge in [-0.05, 0) is 75.0 Å². The lowest BCUT2D eigenvalue weighted by Gasteiger charge is -2.58. The largest absolute Gasteiger partial charge is 0.390 e. The number of pyridine rings is 1. The van der Waals surface area contributed by atoms with Gasteiger partial charge in [0, 0.05) is 43.9 Å². The van der Waals surface area contributed by atoms with Crippen molar-refractivity contribution in [1.29, 1.82) is 0 Å². The molecule has 2 atom stereocenters. The number of anilines is 1. The van der Waals surface area contributed by atoms with Crippen molar-refractivity contribution in [2.45, 2.75) is 75.9 Å². The van der Waals surface area contributed by atoms with Gasteiger partial charge in [-0.2, -0.15) is 0 Å². The van der Waals surface area contributed by atoms with Gasteiger partial charge in [0.2, 0.25) is 0 Å². The summed E-state index contributed by atoms with van der Waals surface area (Å²) in [5.74, 6) is 2.52. The molecule has 7 rings (SSSR count). The van der Waals surface area contributed by atoms with E-state index in [1.807, 2.05) is 6.20 Å². The molecule has 5 nitrogen and oxygen atoms in total. The lowest BCUT2D eigenvalue weighted by molar-refractivity contribution is -0.129. The number of carbonyl (C=O) groups is 1. The number of aliphatic hydroxyl groups is 1. The van der Waals surface area contributed by atoms with E-state index in [0.29, 0.717) is 36.1 Å². The number of nitrogens with one attached hydrogen (secondary N) is 1. The van der Waals surface area contributed by atoms with Crippen molar-refractivity contribution in [2.75, 3.05) is 18.5 Å². The first-order chi connectivity index (χ1) is 15.1. The van der Waals surface area contributed by atoms with Crippen molar-refractivity contribution in [3.63, 3.8) is 0 Å². The van der Waals surface area contributed by atoms with E-state index in [2.05, 4.69) is 22.5 Å². The van der Waals surface area contributed by atoms with E-state index in [1.54, 1.807) is 0 Å². The molecule has 0 radical (unpaired) electrons. The predicted octanol–water partition coefficient (Wildman–Crippen LogP) is 4.39. The second kappa shape index (κ2) is 7.70. The second-order valence-corrected chi connectivity index (χ2v) is 10.9. The van der Waals surface area contributed by atoms with Crippen molar-refractivity contribution in [2.24, 2.45) is 23.7 Å². The Morgan fingerprint density at radius 3 is 2.71 bits per heavy atom. The average Bonchev–Trinajstić information content (AvgIpc) is 3.23. The third-order valence-electron chi connectivity index (χ3n) is 8.77. The minimum absolute atomic E-state index is 0.215. The van der Waals surface area contributed by atoms with Gasteiger partial charge in [0.25, 0.3) is 0 Å². The Morgan fingerprint density at radius 2 is 1.97 bits per heavy atom. The third kappa shape index (κ3) is 3.64. The van der Waals surface area contributed by atoms with Crippen LogP contribution in [0.25, 0.3) is 6.08 Å². The van der Waals surface area contributed by atoms with Gasteiger partial charge in [-0.15, -0.1) is 0 Å². The van der Waals surface area contributed by atoms with Gasteiger partial charge in [-0.25, -0.2) is 0 Å². The van der Waals surface area contributed by atoms with Crippen LogP contribution in [-0.4, -0.2) is 40.7 Å². The van der Waals surface area contributed by atoms with E-state index in [1.165, 1.54) is 12.8 Å². The summed E-state index contributed by atoms with van der Waals surface area (Å²) in [6.45, 7) is 1.66. The highest BCUT2D eigenvalue weighted by molar-refractivity contribution is 6.03. The SMILES string of the molecule is O=C(CCC1CCOCC1)c1cnc2c(c1NC1C3CC4CC1CC(O)(C4)C3)C=CC2. The molecule has 4 saturated carbocycles. The molecule has 5 heteroatoms. The predicted molar refractivity (Wildman–Crippen MR) is 120 cm³/mol. The Balaban J connectivity index is 1.25. The summed E-state index contributed by atoms with van der Waals surface area (Å²) in [6, 6.07) is 0.361. The first-order valence-electron chi connectivity index (χ1n) is 12.4. The molecule has 1 aromatic rings. The highest BCUT2D eigenvalue weighted by Crippen LogP contribution is 2.56. The van der Waals surface area contributed by atoms with E-state index in [0.717, 1.165) is 80.7 Å². The molecule has 2 unspecified atom stereocenters. The van der Waals surface area contributed by atoms with Crippen LogP contribution >= 0.6 is 0 Å². The van der Waals surface area contributed by atoms with E-state index < -0.39 is 5.60 Å². The van der Waals surface area contributed by atoms with Crippen LogP contribution in [0.1, 0.15) is 79.4 Å². The summed E-state index contributed by atoms with van der Waals surface area (Å²) >= 11 is 0. The summed E-state index contributed by atoms with van der Waals surface area (Å²) in [5, 5.41) is 14.9. The standard InChI is InChI=1S/C26H34N2O3/c29-23(5-4-16-6-8-31-9-7-16)21-15-27-22-3-1-2-20(22)25(21)28-24-18-10-17-11-19(24)14-26(30,12-17)13-18/h1-2,15-19,24,30H,3-14H2,(H,27,28). The molecule has 1 saturated heterocycles. The van der Waals surface area contributed by atoms with E-state index in [4.69, 9.17) is 4.74 Å². The van der Waals surface area contributed by atoms with E-state index in [9.17, 15) is 9.90 Å². The first-order valence-corrected chi connectivity index (χ1v) is 12.4. The van der Waals surface area contributed by atoms with Gasteiger partial charge >= 0.3 is 0 Å². The Kier molecular flexibility index (Phi) is 4.95. The lowest BCUT2D eigenvalue weighted by atomic mass is 9.52. The number of hydrogen-bond acceptors (Lipinski definition) is 5. The van der Waals surface area contributed by atoms with E-state index >= 15 is 0 Å². The molecule has 6 aliphatic rings. The molecule has 1 aliphatic heterocycles. The zero-order chi connectivity index (χ0) is 21.0. The molecule has 2 heterocycles. The normalized spacial score (nSPS) is 36.0. The average molecular weight is 423 g/mol. The molecule has 0 aromatic carbocycles. The fraction of sp³-hybridized carbons (Fsp3) is 0.692. The van der Waals surface area contributed by atoms with Crippen LogP contribution < -0.4 is 5.32 Å². The Morgan fingerprint density at radius 1 is 1.19 bits per heavy atom. The van der Waals surface area contributed by atoms with Gasteiger partial charge in [0.15, 0.2) is 5.78 Å². The maximum Gasteiger partial charge on any atom is 0.166 e. The number of aromatic nitrogens is 1. The smallest absolute Gasteiger partial charge is 0.166 e. The molecular formula is C26H34N2O3. The number of carbonyl (C=O) groups excluding carboxylic acids is 1. The number of allylic oxidation sites excluding steroid dienone is 1. The van der Waals surface area contributed by atoms with Crippen LogP contribution in [0.15, 0.2) is 12.3 Å². The number of ether oxygens (including phenoxy) is 1. The van der Waals surface area contributed by atoms with Crippen molar-refractivity contribution in [3.05, 3.63) is 29.1 Å². The fourth-order valence-corrected chi connectivity index (χ4v) is 7.45. The van der Waals surface area contributed by atoms with E-state index in [-0.39, 0.29) is 5.78 Å². The van der Waals surface area contributed by atoms with Gasteiger partial charge in [0.1, 0.15) is 0 Å². The van der Waals surface area contributed by atoms with Crippen molar-refractivity contribution >= 4 is 17.5 Å². The summed E-state index contributed by atoms with van der Waals surface area (Å²) in [4.78, 5) is 18.0. The number of rotatable bonds is 6. The summed E-state index contributed by atoms with van der Waals surface area (Å²) in [5.41, 5.74) is 3.54. The number of nitrogens with zero attached hydrogens (tertiary/aromatic N) is 1. The second-order valence-electron chi connectivity index (χ2n) is 10.9. The summed E-state index contributed by atoms with van der Waals surface area (Å²) in [7, 11) is 0. The van der Waals surface area contributed by atoms with Crippen LogP contribution in [0, 0.1) is 23.7 Å². The highest BCUT2D eigenvalue weighted by atomic mass is 16.5. The quantitative estimate of drug-likeness (QED) is 0.665. The molecule has 31 heavy (non-hydrogen) atoms. The minimum Gasteiger partial charge on any atom is -0.390 e. The summed E-state index contributed by atoms with van der Waals surface area (Å²) < 4.78 is 5.47. The molecule has 4 bridgehead atoms. The number of hydrogen-bond donors (Lipinski definition) is 2. The minimum atomic E-state index is -0.433. The molecule has 5 fully saturated rings. The van der Waals surface area contributed by atoms with Gasteiger partial charge in [-0.3, -0.25) is 9.78 Å². The molecular weight excluding hydrogens is 388 g/mol. The maximum absolute atomic E-state index is 13.3. The van der Waals surface area contributed by atoms with Gasteiger partial charge in [-0.1, -0.05) is 12.2 Å². The highest BCUT2D eigenvalue weighted by Gasteiger charge is 2.54. The monoisotopic (exact) mass is 422 g/mol. The third-order valence-corrected chi connectivity index (χ3v) is 8.77. The topological polar surface area (TPSA) is 71.5 Å². The molecule has 1 aromatic heterocycles. The van der Waals surface area contributed by atoms with Crippen LogP contribution in [0.4, 0.5) is 5.69 Å². The van der Waals surface area contributed by atoms with Gasteiger partial charge in [0.05, 0.1) is 22.5 Å². The van der Waals surface area contributed by atoms with Crippen LogP contribution in [0.3, 0.4) is 0 Å². The number of Topliss-reactive ketones (excluding diaryl/α,β-unsaturated/α-hetero) is 1. The fourth-order valence-electron chi connectivity index (χ4n) is 7.45. The van der Waals surface area contributed by atoms with Crippen molar-refractivity contribution < 1.29 is 14.6 Å². The number of ketones is 1. The zero-order valence-electron chi connectivity index (χ0n) is 18.3. The number of fused-ring (bicyclic) bond motifs is 1. The maximum atomic E-state index is 13.3. The Labute approximate surface area is 184 Å². The van der Waals surface area contributed by atoms with Crippen molar-refractivity contribution in [1.82, 2.24) is 4.98 Å². The Hall–Kier alpha value is -1.72. The van der Waals surface area contributed by atoms with Crippen LogP contribution in [0.5, 0.6) is 0 Å². The molecule has 0 spiro atoms. The van der Waals surface area contributed by atoms with Crippen LogP contribution in [-0.2, 0) is 11.2 Å². The first kappa shape index (κ1) is 19.9. The zero-order valence-corrected chi connectivity index (χ0v) is 18.3.